The molecule has 1 saturated heterocycles. The standard InChI is InChI=1S/C23H28FN3O2S/c1-17-4-3-5-18(16-17)22(28)25-21(10-15-30-2)23(29)27-13-11-26(12-14-27)20-8-6-19(24)7-9-20/h3-9,16,21H,10-15H2,1-2H3,(H,25,28). The Kier molecular flexibility index (Phi) is 7.74. The molecule has 1 atom stereocenters. The van der Waals surface area contributed by atoms with Crippen LogP contribution in [-0.2, 0) is 4.79 Å². The van der Waals surface area contributed by atoms with Gasteiger partial charge in [0, 0.05) is 37.4 Å². The van der Waals surface area contributed by atoms with Crippen molar-refractivity contribution in [1.82, 2.24) is 10.2 Å². The number of nitrogens with one attached hydrogen (secondary N) is 1. The van der Waals surface area contributed by atoms with Crippen LogP contribution >= 0.6 is 11.8 Å². The van der Waals surface area contributed by atoms with Crippen molar-refractivity contribution in [2.45, 2.75) is 19.4 Å². The number of carbonyl (C=O) groups is 2. The predicted molar refractivity (Wildman–Crippen MR) is 121 cm³/mol. The van der Waals surface area contributed by atoms with Gasteiger partial charge in [-0.2, -0.15) is 11.8 Å². The molecule has 0 aromatic heterocycles. The van der Waals surface area contributed by atoms with E-state index in [0.717, 1.165) is 17.0 Å². The van der Waals surface area contributed by atoms with Gasteiger partial charge in [-0.1, -0.05) is 17.7 Å². The van der Waals surface area contributed by atoms with Crippen LogP contribution in [0.2, 0.25) is 0 Å². The van der Waals surface area contributed by atoms with Crippen molar-refractivity contribution in [2.75, 3.05) is 43.1 Å². The van der Waals surface area contributed by atoms with E-state index < -0.39 is 6.04 Å². The highest BCUT2D eigenvalue weighted by atomic mass is 32.2. The molecule has 0 spiro atoms. The van der Waals surface area contributed by atoms with Gasteiger partial charge in [0.25, 0.3) is 5.91 Å². The lowest BCUT2D eigenvalue weighted by atomic mass is 10.1. The van der Waals surface area contributed by atoms with E-state index in [1.807, 2.05) is 36.3 Å². The first-order valence-electron chi connectivity index (χ1n) is 10.1. The van der Waals surface area contributed by atoms with Crippen molar-refractivity contribution < 1.29 is 14.0 Å². The zero-order chi connectivity index (χ0) is 21.5. The largest absolute Gasteiger partial charge is 0.368 e. The number of amides is 2. The molecule has 0 radical (unpaired) electrons. The first-order chi connectivity index (χ1) is 14.5. The van der Waals surface area contributed by atoms with Gasteiger partial charge in [0.05, 0.1) is 0 Å². The molecule has 2 aromatic carbocycles. The summed E-state index contributed by atoms with van der Waals surface area (Å²) in [6, 6.07) is 13.3. The van der Waals surface area contributed by atoms with Crippen LogP contribution in [0.4, 0.5) is 10.1 Å². The molecule has 1 aliphatic heterocycles. The normalized spacial score (nSPS) is 15.0. The number of rotatable bonds is 7. The lowest BCUT2D eigenvalue weighted by molar-refractivity contribution is -0.133. The van der Waals surface area contributed by atoms with E-state index in [2.05, 4.69) is 10.2 Å². The summed E-state index contributed by atoms with van der Waals surface area (Å²) in [5, 5.41) is 2.94. The number of hydrogen-bond acceptors (Lipinski definition) is 4. The second kappa shape index (κ2) is 10.5. The fourth-order valence-electron chi connectivity index (χ4n) is 3.58. The molecule has 2 amide bonds. The average molecular weight is 430 g/mol. The minimum absolute atomic E-state index is 0.0381. The van der Waals surface area contributed by atoms with Crippen LogP contribution < -0.4 is 10.2 Å². The Morgan fingerprint density at radius 3 is 2.43 bits per heavy atom. The third-order valence-corrected chi connectivity index (χ3v) is 5.92. The molecule has 1 N–H and O–H groups in total. The number of halogens is 1. The number of benzene rings is 2. The summed E-state index contributed by atoms with van der Waals surface area (Å²) in [6.45, 7) is 4.45. The highest BCUT2D eigenvalue weighted by Gasteiger charge is 2.28. The summed E-state index contributed by atoms with van der Waals surface area (Å²) < 4.78 is 13.2. The smallest absolute Gasteiger partial charge is 0.251 e. The van der Waals surface area contributed by atoms with Crippen LogP contribution in [0.25, 0.3) is 0 Å². The maximum atomic E-state index is 13.2. The monoisotopic (exact) mass is 429 g/mol. The van der Waals surface area contributed by atoms with Gasteiger partial charge >= 0.3 is 0 Å². The summed E-state index contributed by atoms with van der Waals surface area (Å²) in [7, 11) is 0. The van der Waals surface area contributed by atoms with E-state index in [1.54, 1.807) is 30.0 Å². The van der Waals surface area contributed by atoms with Gasteiger partial charge in [0.15, 0.2) is 0 Å². The van der Waals surface area contributed by atoms with E-state index in [-0.39, 0.29) is 17.6 Å². The Morgan fingerprint density at radius 2 is 1.80 bits per heavy atom. The van der Waals surface area contributed by atoms with Gasteiger partial charge in [-0.25, -0.2) is 4.39 Å². The van der Waals surface area contributed by atoms with Crippen molar-refractivity contribution in [3.05, 3.63) is 65.5 Å². The molecule has 160 valence electrons. The number of piperazine rings is 1. The van der Waals surface area contributed by atoms with Crippen molar-refractivity contribution in [3.63, 3.8) is 0 Å². The molecule has 2 aromatic rings. The topological polar surface area (TPSA) is 52.7 Å². The number of thioether (sulfide) groups is 1. The summed E-state index contributed by atoms with van der Waals surface area (Å²) >= 11 is 1.66. The van der Waals surface area contributed by atoms with Crippen LogP contribution in [0.1, 0.15) is 22.3 Å². The van der Waals surface area contributed by atoms with Crippen LogP contribution in [0.5, 0.6) is 0 Å². The molecule has 0 aliphatic carbocycles. The number of hydrogen-bond donors (Lipinski definition) is 1. The van der Waals surface area contributed by atoms with E-state index in [9.17, 15) is 14.0 Å². The van der Waals surface area contributed by atoms with Crippen LogP contribution in [0.3, 0.4) is 0 Å². The fourth-order valence-corrected chi connectivity index (χ4v) is 4.05. The maximum absolute atomic E-state index is 13.2. The molecule has 7 heteroatoms. The van der Waals surface area contributed by atoms with Gasteiger partial charge in [-0.15, -0.1) is 0 Å². The van der Waals surface area contributed by atoms with Gasteiger partial charge in [0.2, 0.25) is 5.91 Å². The third kappa shape index (κ3) is 5.75. The summed E-state index contributed by atoms with van der Waals surface area (Å²) in [5.41, 5.74) is 2.53. The van der Waals surface area contributed by atoms with Gasteiger partial charge in [-0.05, 0) is 61.8 Å². The van der Waals surface area contributed by atoms with Crippen molar-refractivity contribution in [3.8, 4) is 0 Å². The summed E-state index contributed by atoms with van der Waals surface area (Å²) in [4.78, 5) is 29.8. The highest BCUT2D eigenvalue weighted by molar-refractivity contribution is 7.98. The molecule has 1 heterocycles. The van der Waals surface area contributed by atoms with Crippen LogP contribution in [0.15, 0.2) is 48.5 Å². The third-order valence-electron chi connectivity index (χ3n) is 5.28. The van der Waals surface area contributed by atoms with Gasteiger partial charge in [-0.3, -0.25) is 9.59 Å². The molecule has 1 aliphatic rings. The Hall–Kier alpha value is -2.54. The Morgan fingerprint density at radius 1 is 1.10 bits per heavy atom. The lowest BCUT2D eigenvalue weighted by Gasteiger charge is -2.37. The Bertz CT molecular complexity index is 867. The predicted octanol–water partition coefficient (Wildman–Crippen LogP) is 3.33. The minimum Gasteiger partial charge on any atom is -0.368 e. The zero-order valence-electron chi connectivity index (χ0n) is 17.4. The first kappa shape index (κ1) is 22.2. The highest BCUT2D eigenvalue weighted by Crippen LogP contribution is 2.18. The van der Waals surface area contributed by atoms with Gasteiger partial charge < -0.3 is 15.1 Å². The van der Waals surface area contributed by atoms with E-state index in [4.69, 9.17) is 0 Å². The molecule has 0 bridgehead atoms. The number of aryl methyl sites for hydroxylation is 1. The Labute approximate surface area is 181 Å². The number of nitrogens with zero attached hydrogens (tertiary/aromatic N) is 2. The first-order valence-corrected chi connectivity index (χ1v) is 11.5. The maximum Gasteiger partial charge on any atom is 0.251 e. The summed E-state index contributed by atoms with van der Waals surface area (Å²) in [5.74, 6) is 0.278. The SMILES string of the molecule is CSCCC(NC(=O)c1cccc(C)c1)C(=O)N1CCN(c2ccc(F)cc2)CC1. The molecule has 0 saturated carbocycles. The average Bonchev–Trinajstić information content (AvgIpc) is 2.76. The molecule has 5 nitrogen and oxygen atoms in total. The molecule has 1 fully saturated rings. The molecular formula is C23H28FN3O2S. The van der Waals surface area contributed by atoms with Crippen molar-refractivity contribution >= 4 is 29.3 Å². The quantitative estimate of drug-likeness (QED) is 0.734. The van der Waals surface area contributed by atoms with Gasteiger partial charge in [0.1, 0.15) is 11.9 Å². The molecule has 30 heavy (non-hydrogen) atoms. The van der Waals surface area contributed by atoms with Crippen LogP contribution in [0, 0.1) is 12.7 Å². The zero-order valence-corrected chi connectivity index (χ0v) is 18.3. The van der Waals surface area contributed by atoms with Crippen molar-refractivity contribution in [1.29, 1.82) is 0 Å². The van der Waals surface area contributed by atoms with Crippen molar-refractivity contribution in [2.24, 2.45) is 0 Å². The minimum atomic E-state index is -0.539. The van der Waals surface area contributed by atoms with E-state index >= 15 is 0 Å². The fraction of sp³-hybridized carbons (Fsp3) is 0.391. The lowest BCUT2D eigenvalue weighted by Crippen LogP contribution is -2.55. The molecule has 3 rings (SSSR count). The molecule has 1 unspecified atom stereocenters. The number of anilines is 1. The summed E-state index contributed by atoms with van der Waals surface area (Å²) in [6.07, 6.45) is 2.58. The molecular weight excluding hydrogens is 401 g/mol. The van der Waals surface area contributed by atoms with E-state index in [1.165, 1.54) is 12.1 Å². The number of carbonyl (C=O) groups excluding carboxylic acids is 2. The second-order valence-electron chi connectivity index (χ2n) is 7.47. The Balaban J connectivity index is 1.62. The van der Waals surface area contributed by atoms with Crippen LogP contribution in [-0.4, -0.2) is 60.9 Å². The second-order valence-corrected chi connectivity index (χ2v) is 8.45. The van der Waals surface area contributed by atoms with E-state index in [0.29, 0.717) is 38.2 Å².